The Morgan fingerprint density at radius 1 is 0.818 bits per heavy atom. The lowest BCUT2D eigenvalue weighted by Crippen LogP contribution is -2.72. The van der Waals surface area contributed by atoms with E-state index in [1.54, 1.807) is 0 Å². The zero-order valence-corrected chi connectivity index (χ0v) is 21.1. The molecule has 1 N–H and O–H groups in total. The lowest BCUT2D eigenvalue weighted by atomic mass is 9.38. The zero-order chi connectivity index (χ0) is 23.1. The maximum absolute atomic E-state index is 12.9. The first kappa shape index (κ1) is 22.0. The Hall–Kier alpha value is -0.240. The molecule has 7 fully saturated rings. The number of rotatable bonds is 0. The van der Waals surface area contributed by atoms with E-state index in [-0.39, 0.29) is 33.9 Å². The van der Waals surface area contributed by atoms with E-state index in [9.17, 15) is 5.11 Å². The average molecular weight is 463 g/mol. The van der Waals surface area contributed by atoms with Crippen LogP contribution in [0, 0.1) is 34.0 Å². The molecule has 0 aromatic carbocycles. The van der Waals surface area contributed by atoms with Gasteiger partial charge in [0.05, 0.1) is 38.1 Å². The van der Waals surface area contributed by atoms with Crippen molar-refractivity contribution in [1.82, 2.24) is 0 Å². The van der Waals surface area contributed by atoms with Crippen LogP contribution in [0.2, 0.25) is 0 Å². The van der Waals surface area contributed by atoms with Gasteiger partial charge < -0.3 is 28.8 Å². The Kier molecular flexibility index (Phi) is 4.12. The summed E-state index contributed by atoms with van der Waals surface area (Å²) >= 11 is 0. The molecule has 0 radical (unpaired) electrons. The number of aliphatic hydroxyl groups is 1. The molecule has 0 unspecified atom stereocenters. The number of fused-ring (bicyclic) bond motifs is 5. The highest BCUT2D eigenvalue weighted by Gasteiger charge is 2.83. The minimum Gasteiger partial charge on any atom is -0.389 e. The average Bonchev–Trinajstić information content (AvgIpc) is 3.09. The SMILES string of the molecule is CC(C)(C)[C@]1(O)C[C@@]2(C)[C@@H](CCC23OCCO3)[C@@H]2C[C@H]3O[C@]34CC3(CC[C@]4(C)[C@H]21)OCCO3. The number of ether oxygens (including phenoxy) is 5. The van der Waals surface area contributed by atoms with Gasteiger partial charge in [-0.25, -0.2) is 0 Å². The number of hydrogen-bond acceptors (Lipinski definition) is 6. The summed E-state index contributed by atoms with van der Waals surface area (Å²) in [5, 5.41) is 12.9. The summed E-state index contributed by atoms with van der Waals surface area (Å²) in [5.41, 5.74) is -1.63. The monoisotopic (exact) mass is 462 g/mol. The predicted octanol–water partition coefficient (Wildman–Crippen LogP) is 4.03. The Bertz CT molecular complexity index is 855. The first-order chi connectivity index (χ1) is 15.4. The normalized spacial score (nSPS) is 55.8. The first-order valence-electron chi connectivity index (χ1n) is 13.4. The minimum absolute atomic E-state index is 0.0996. The maximum atomic E-state index is 12.9. The summed E-state index contributed by atoms with van der Waals surface area (Å²) in [6.45, 7) is 14.2. The van der Waals surface area contributed by atoms with E-state index < -0.39 is 17.2 Å². The van der Waals surface area contributed by atoms with Crippen molar-refractivity contribution in [1.29, 1.82) is 0 Å². The molecule has 3 spiro atoms. The largest absolute Gasteiger partial charge is 0.389 e. The Morgan fingerprint density at radius 3 is 2.15 bits per heavy atom. The van der Waals surface area contributed by atoms with Gasteiger partial charge in [0.15, 0.2) is 11.6 Å². The Balaban J connectivity index is 1.35. The smallest absolute Gasteiger partial charge is 0.174 e. The molecule has 7 aliphatic rings. The molecule has 0 aromatic rings. The van der Waals surface area contributed by atoms with Crippen LogP contribution in [0.1, 0.15) is 79.6 Å². The van der Waals surface area contributed by atoms with Crippen molar-refractivity contribution in [3.63, 3.8) is 0 Å². The highest BCUT2D eigenvalue weighted by molar-refractivity contribution is 5.30. The molecule has 6 nitrogen and oxygen atoms in total. The molecule has 0 amide bonds. The molecule has 0 aromatic heterocycles. The van der Waals surface area contributed by atoms with Gasteiger partial charge in [0, 0.05) is 30.1 Å². The maximum Gasteiger partial charge on any atom is 0.174 e. The van der Waals surface area contributed by atoms with Gasteiger partial charge in [-0.3, -0.25) is 0 Å². The van der Waals surface area contributed by atoms with Crippen LogP contribution < -0.4 is 0 Å². The molecule has 0 bridgehead atoms. The molecular formula is C27H42O6. The highest BCUT2D eigenvalue weighted by atomic mass is 16.7. The van der Waals surface area contributed by atoms with Gasteiger partial charge in [-0.1, -0.05) is 34.6 Å². The van der Waals surface area contributed by atoms with E-state index in [0.717, 1.165) is 44.9 Å². The zero-order valence-electron chi connectivity index (χ0n) is 21.1. The predicted molar refractivity (Wildman–Crippen MR) is 120 cm³/mol. The van der Waals surface area contributed by atoms with Crippen molar-refractivity contribution >= 4 is 0 Å². The molecule has 4 aliphatic carbocycles. The third-order valence-corrected chi connectivity index (χ3v) is 11.9. The van der Waals surface area contributed by atoms with Crippen molar-refractivity contribution in [2.75, 3.05) is 26.4 Å². The van der Waals surface area contributed by atoms with E-state index in [0.29, 0.717) is 38.3 Å². The second-order valence-corrected chi connectivity index (χ2v) is 13.9. The van der Waals surface area contributed by atoms with Gasteiger partial charge in [0.1, 0.15) is 5.60 Å². The third kappa shape index (κ3) is 2.38. The molecule has 33 heavy (non-hydrogen) atoms. The van der Waals surface area contributed by atoms with Gasteiger partial charge in [0.2, 0.25) is 0 Å². The van der Waals surface area contributed by atoms with Crippen LogP contribution in [0.4, 0.5) is 0 Å². The van der Waals surface area contributed by atoms with Gasteiger partial charge in [-0.15, -0.1) is 0 Å². The topological polar surface area (TPSA) is 69.7 Å². The first-order valence-corrected chi connectivity index (χ1v) is 13.4. The van der Waals surface area contributed by atoms with Gasteiger partial charge in [0.25, 0.3) is 0 Å². The van der Waals surface area contributed by atoms with Crippen LogP contribution in [0.25, 0.3) is 0 Å². The minimum atomic E-state index is -0.837. The van der Waals surface area contributed by atoms with Crippen LogP contribution >= 0.6 is 0 Å². The van der Waals surface area contributed by atoms with E-state index in [4.69, 9.17) is 23.7 Å². The van der Waals surface area contributed by atoms with Crippen molar-refractivity contribution < 1.29 is 28.8 Å². The van der Waals surface area contributed by atoms with Gasteiger partial charge in [-0.05, 0) is 48.9 Å². The molecular weight excluding hydrogens is 420 g/mol. The lowest BCUT2D eigenvalue weighted by molar-refractivity contribution is -0.309. The molecule has 6 heteroatoms. The summed E-state index contributed by atoms with van der Waals surface area (Å²) in [7, 11) is 0. The fourth-order valence-electron chi connectivity index (χ4n) is 10.3. The summed E-state index contributed by atoms with van der Waals surface area (Å²) in [4.78, 5) is 0. The van der Waals surface area contributed by atoms with Crippen LogP contribution in [0.3, 0.4) is 0 Å². The highest BCUT2D eigenvalue weighted by Crippen LogP contribution is 2.78. The molecule has 7 rings (SSSR count). The van der Waals surface area contributed by atoms with Crippen LogP contribution in [-0.2, 0) is 23.7 Å². The van der Waals surface area contributed by atoms with E-state index >= 15 is 0 Å². The number of epoxide rings is 1. The van der Waals surface area contributed by atoms with Crippen molar-refractivity contribution in [3.05, 3.63) is 0 Å². The summed E-state index contributed by atoms with van der Waals surface area (Å²) in [5.74, 6) is 0.0520. The quantitative estimate of drug-likeness (QED) is 0.548. The van der Waals surface area contributed by atoms with E-state index in [2.05, 4.69) is 34.6 Å². The summed E-state index contributed by atoms with van der Waals surface area (Å²) in [6.07, 6.45) is 6.72. The van der Waals surface area contributed by atoms with Gasteiger partial charge in [-0.2, -0.15) is 0 Å². The molecule has 3 heterocycles. The van der Waals surface area contributed by atoms with Gasteiger partial charge >= 0.3 is 0 Å². The number of hydrogen-bond donors (Lipinski definition) is 1. The van der Waals surface area contributed by atoms with Crippen LogP contribution in [-0.4, -0.2) is 60.4 Å². The standard InChI is InChI=1S/C27H42O6/c1-21(2,3)25(28)15-23(5)18(6-7-27(23)31-12-13-32-27)17-14-19-26(33-19)16-24(29-10-11-30-24)9-8-22(26,4)20(17)25/h17-20,28H,6-16H2,1-5H3/t17-,18-,19+,20-,22+,23-,25-,26+/m0/s1. The Labute approximate surface area is 198 Å². The Morgan fingerprint density at radius 2 is 1.48 bits per heavy atom. The van der Waals surface area contributed by atoms with Crippen molar-refractivity contribution in [2.45, 2.75) is 108 Å². The molecule has 186 valence electrons. The van der Waals surface area contributed by atoms with Crippen molar-refractivity contribution in [2.24, 2.45) is 34.0 Å². The molecule has 4 saturated carbocycles. The lowest BCUT2D eigenvalue weighted by Gasteiger charge is -2.68. The summed E-state index contributed by atoms with van der Waals surface area (Å²) < 4.78 is 31.9. The van der Waals surface area contributed by atoms with Crippen molar-refractivity contribution in [3.8, 4) is 0 Å². The molecule has 3 saturated heterocycles. The fourth-order valence-corrected chi connectivity index (χ4v) is 10.3. The van der Waals surface area contributed by atoms with Crippen LogP contribution in [0.15, 0.2) is 0 Å². The second kappa shape index (κ2) is 6.18. The van der Waals surface area contributed by atoms with Crippen LogP contribution in [0.5, 0.6) is 0 Å². The van der Waals surface area contributed by atoms with E-state index in [1.165, 1.54) is 0 Å². The molecule has 3 aliphatic heterocycles. The second-order valence-electron chi connectivity index (χ2n) is 13.9. The fraction of sp³-hybridized carbons (Fsp3) is 1.00. The summed E-state index contributed by atoms with van der Waals surface area (Å²) in [6, 6.07) is 0. The molecule has 8 atom stereocenters. The van der Waals surface area contributed by atoms with E-state index in [1.807, 2.05) is 0 Å². The third-order valence-electron chi connectivity index (χ3n) is 11.9.